The summed E-state index contributed by atoms with van der Waals surface area (Å²) in [5.74, 6) is -0.272. The highest BCUT2D eigenvalue weighted by atomic mass is 35.5. The summed E-state index contributed by atoms with van der Waals surface area (Å²) >= 11 is 7.65. The van der Waals surface area contributed by atoms with E-state index in [2.05, 4.69) is 24.1 Å². The minimum atomic E-state index is -0.272. The maximum atomic E-state index is 13.7. The number of aromatic nitrogens is 1. The van der Waals surface area contributed by atoms with Gasteiger partial charge in [0, 0.05) is 34.1 Å². The van der Waals surface area contributed by atoms with Crippen LogP contribution in [0.25, 0.3) is 0 Å². The van der Waals surface area contributed by atoms with Gasteiger partial charge in [0.05, 0.1) is 5.01 Å². The molecule has 0 saturated carbocycles. The highest BCUT2D eigenvalue weighted by Gasteiger charge is 2.13. The summed E-state index contributed by atoms with van der Waals surface area (Å²) < 4.78 is 13.7. The predicted octanol–water partition coefficient (Wildman–Crippen LogP) is 4.59. The van der Waals surface area contributed by atoms with Crippen LogP contribution in [0.15, 0.2) is 24.4 Å². The zero-order chi connectivity index (χ0) is 14.5. The van der Waals surface area contributed by atoms with Crippen LogP contribution in [0.4, 0.5) is 4.39 Å². The molecule has 2 rings (SSSR count). The molecule has 1 heterocycles. The first-order chi connectivity index (χ1) is 9.61. The minimum absolute atomic E-state index is 0.272. The van der Waals surface area contributed by atoms with Crippen molar-refractivity contribution in [2.45, 2.75) is 32.7 Å². The van der Waals surface area contributed by atoms with Crippen molar-refractivity contribution in [1.29, 1.82) is 0 Å². The summed E-state index contributed by atoms with van der Waals surface area (Å²) in [5, 5.41) is 4.76. The largest absolute Gasteiger partial charge is 0.309 e. The molecule has 0 fully saturated rings. The van der Waals surface area contributed by atoms with Crippen molar-refractivity contribution >= 4 is 22.9 Å². The van der Waals surface area contributed by atoms with Crippen molar-refractivity contribution in [2.75, 3.05) is 6.54 Å². The Morgan fingerprint density at radius 1 is 1.45 bits per heavy atom. The zero-order valence-electron chi connectivity index (χ0n) is 11.6. The first kappa shape index (κ1) is 15.4. The zero-order valence-corrected chi connectivity index (χ0v) is 13.2. The van der Waals surface area contributed by atoms with E-state index in [-0.39, 0.29) is 11.9 Å². The molecule has 0 aliphatic heterocycles. The smallest absolute Gasteiger partial charge is 0.128 e. The number of rotatable bonds is 6. The Labute approximate surface area is 128 Å². The Morgan fingerprint density at radius 2 is 2.25 bits per heavy atom. The van der Waals surface area contributed by atoms with Gasteiger partial charge in [0.1, 0.15) is 5.82 Å². The second kappa shape index (κ2) is 7.16. The van der Waals surface area contributed by atoms with Crippen LogP contribution in [-0.4, -0.2) is 11.5 Å². The summed E-state index contributed by atoms with van der Waals surface area (Å²) in [4.78, 5) is 5.54. The molecule has 1 N–H and O–H groups in total. The van der Waals surface area contributed by atoms with Gasteiger partial charge in [0.15, 0.2) is 0 Å². The van der Waals surface area contributed by atoms with Crippen molar-refractivity contribution in [2.24, 2.45) is 0 Å². The average Bonchev–Trinajstić information content (AvgIpc) is 2.89. The van der Waals surface area contributed by atoms with Crippen molar-refractivity contribution in [3.05, 3.63) is 50.7 Å². The van der Waals surface area contributed by atoms with E-state index in [9.17, 15) is 4.39 Å². The molecule has 1 unspecified atom stereocenters. The molecule has 1 aromatic carbocycles. The molecule has 108 valence electrons. The molecule has 0 spiro atoms. The van der Waals surface area contributed by atoms with Crippen molar-refractivity contribution in [1.82, 2.24) is 10.3 Å². The summed E-state index contributed by atoms with van der Waals surface area (Å²) in [6, 6.07) is 5.03. The Hall–Kier alpha value is -0.970. The number of benzene rings is 1. The van der Waals surface area contributed by atoms with E-state index in [4.69, 9.17) is 11.6 Å². The van der Waals surface area contributed by atoms with E-state index in [0.717, 1.165) is 18.0 Å². The number of halogens is 2. The molecule has 20 heavy (non-hydrogen) atoms. The fourth-order valence-corrected chi connectivity index (χ4v) is 3.11. The number of hydrogen-bond acceptors (Lipinski definition) is 3. The maximum absolute atomic E-state index is 13.7. The first-order valence-electron chi connectivity index (χ1n) is 6.72. The summed E-state index contributed by atoms with van der Waals surface area (Å²) in [6.07, 6.45) is 3.40. The van der Waals surface area contributed by atoms with Crippen LogP contribution in [0.5, 0.6) is 0 Å². The molecule has 0 amide bonds. The molecule has 2 nitrogen and oxygen atoms in total. The second-order valence-corrected chi connectivity index (χ2v) is 6.26. The Bertz CT molecular complexity index is 551. The second-order valence-electron chi connectivity index (χ2n) is 4.71. The highest BCUT2D eigenvalue weighted by Crippen LogP contribution is 2.26. The molecule has 0 aliphatic carbocycles. The van der Waals surface area contributed by atoms with E-state index < -0.39 is 0 Å². The van der Waals surface area contributed by atoms with E-state index in [1.54, 1.807) is 23.5 Å². The fraction of sp³-hybridized carbons (Fsp3) is 0.400. The Morgan fingerprint density at radius 3 is 2.95 bits per heavy atom. The van der Waals surface area contributed by atoms with Crippen molar-refractivity contribution < 1.29 is 4.39 Å². The van der Waals surface area contributed by atoms with Gasteiger partial charge in [-0.3, -0.25) is 0 Å². The van der Waals surface area contributed by atoms with Crippen molar-refractivity contribution in [3.63, 3.8) is 0 Å². The summed E-state index contributed by atoms with van der Waals surface area (Å²) in [6.45, 7) is 5.23. The maximum Gasteiger partial charge on any atom is 0.128 e. The standard InChI is InChI=1S/C15H18ClFN2S/c1-3-7-18-10(2)14-9-19-15(20-14)8-11-12(16)5-4-6-13(11)17/h4-6,9-10,18H,3,7-8H2,1-2H3. The van der Waals surface area contributed by atoms with Crippen LogP contribution >= 0.6 is 22.9 Å². The van der Waals surface area contributed by atoms with Gasteiger partial charge in [0.2, 0.25) is 0 Å². The molecule has 1 aromatic heterocycles. The molecule has 5 heteroatoms. The van der Waals surface area contributed by atoms with Crippen LogP contribution in [0.2, 0.25) is 5.02 Å². The topological polar surface area (TPSA) is 24.9 Å². The van der Waals surface area contributed by atoms with Gasteiger partial charge in [-0.25, -0.2) is 9.37 Å². The van der Waals surface area contributed by atoms with Crippen molar-refractivity contribution in [3.8, 4) is 0 Å². The highest BCUT2D eigenvalue weighted by molar-refractivity contribution is 7.11. The van der Waals surface area contributed by atoms with Gasteiger partial charge in [-0.15, -0.1) is 11.3 Å². The Balaban J connectivity index is 2.10. The van der Waals surface area contributed by atoms with E-state index in [1.807, 2.05) is 6.20 Å². The first-order valence-corrected chi connectivity index (χ1v) is 7.92. The van der Waals surface area contributed by atoms with Crippen LogP contribution in [0.3, 0.4) is 0 Å². The third-order valence-corrected chi connectivity index (χ3v) is 4.62. The molecule has 0 saturated heterocycles. The average molecular weight is 313 g/mol. The number of nitrogens with zero attached hydrogens (tertiary/aromatic N) is 1. The lowest BCUT2D eigenvalue weighted by Crippen LogP contribution is -2.18. The molecule has 0 radical (unpaired) electrons. The summed E-state index contributed by atoms with van der Waals surface area (Å²) in [7, 11) is 0. The van der Waals surface area contributed by atoms with Gasteiger partial charge in [-0.1, -0.05) is 24.6 Å². The van der Waals surface area contributed by atoms with Gasteiger partial charge >= 0.3 is 0 Å². The molecule has 0 aliphatic rings. The molecular weight excluding hydrogens is 295 g/mol. The van der Waals surface area contributed by atoms with Gasteiger partial charge in [0.25, 0.3) is 0 Å². The van der Waals surface area contributed by atoms with Gasteiger partial charge in [-0.05, 0) is 32.0 Å². The number of nitrogens with one attached hydrogen (secondary N) is 1. The number of hydrogen-bond donors (Lipinski definition) is 1. The number of thiazole rings is 1. The third-order valence-electron chi connectivity index (χ3n) is 3.09. The van der Waals surface area contributed by atoms with Crippen LogP contribution < -0.4 is 5.32 Å². The van der Waals surface area contributed by atoms with Gasteiger partial charge < -0.3 is 5.32 Å². The quantitative estimate of drug-likeness (QED) is 0.844. The lowest BCUT2D eigenvalue weighted by molar-refractivity contribution is 0.577. The lowest BCUT2D eigenvalue weighted by atomic mass is 10.1. The Kier molecular flexibility index (Phi) is 5.52. The molecular formula is C15H18ClFN2S. The van der Waals surface area contributed by atoms with E-state index >= 15 is 0 Å². The fourth-order valence-electron chi connectivity index (χ4n) is 1.92. The van der Waals surface area contributed by atoms with Gasteiger partial charge in [-0.2, -0.15) is 0 Å². The molecule has 2 aromatic rings. The lowest BCUT2D eigenvalue weighted by Gasteiger charge is -2.09. The molecule has 0 bridgehead atoms. The monoisotopic (exact) mass is 312 g/mol. The normalized spacial score (nSPS) is 12.6. The SMILES string of the molecule is CCCNC(C)c1cnc(Cc2c(F)cccc2Cl)s1. The predicted molar refractivity (Wildman–Crippen MR) is 83.0 cm³/mol. The van der Waals surface area contributed by atoms with E-state index in [1.165, 1.54) is 10.9 Å². The van der Waals surface area contributed by atoms with Crippen LogP contribution in [0.1, 0.15) is 41.8 Å². The molecule has 1 atom stereocenters. The van der Waals surface area contributed by atoms with Crippen LogP contribution in [0, 0.1) is 5.82 Å². The summed E-state index contributed by atoms with van der Waals surface area (Å²) in [5.41, 5.74) is 0.518. The third kappa shape index (κ3) is 3.78. The minimum Gasteiger partial charge on any atom is -0.309 e. The van der Waals surface area contributed by atoms with E-state index in [0.29, 0.717) is 17.0 Å². The van der Waals surface area contributed by atoms with Crippen LogP contribution in [-0.2, 0) is 6.42 Å².